The second kappa shape index (κ2) is 10.2. The van der Waals surface area contributed by atoms with Gasteiger partial charge in [0.05, 0.1) is 30.7 Å². The molecule has 32 heavy (non-hydrogen) atoms. The lowest BCUT2D eigenvalue weighted by atomic mass is 9.84. The Kier molecular flexibility index (Phi) is 7.15. The standard InChI is InChI=1S/C27H35N4O/c1-5-6-12-25-21(3)28-27(31-17-18-32-20(2)19-31)29-26(25)30(4)24-15-13-23(14-16-24)22-10-8-7-9-11-22/h5-6,12-16,20,22H,1,4,7-11,17-19H2,2-3H3/q+1/b12-6-/t20-/m1/s1. The molecule has 1 saturated heterocycles. The van der Waals surface area contributed by atoms with Gasteiger partial charge in [0.2, 0.25) is 0 Å². The summed E-state index contributed by atoms with van der Waals surface area (Å²) in [7, 11) is 0. The smallest absolute Gasteiger partial charge is 0.341 e. The summed E-state index contributed by atoms with van der Waals surface area (Å²) in [5, 5.41) is 0. The van der Waals surface area contributed by atoms with Gasteiger partial charge in [-0.25, -0.2) is 4.58 Å². The molecule has 2 heterocycles. The predicted molar refractivity (Wildman–Crippen MR) is 134 cm³/mol. The van der Waals surface area contributed by atoms with Crippen molar-refractivity contribution >= 4 is 30.2 Å². The van der Waals surface area contributed by atoms with Crippen LogP contribution < -0.4 is 9.48 Å². The first-order valence-electron chi connectivity index (χ1n) is 11.8. The second-order valence-corrected chi connectivity index (χ2v) is 8.92. The lowest BCUT2D eigenvalue weighted by Gasteiger charge is -2.29. The second-order valence-electron chi connectivity index (χ2n) is 8.92. The highest BCUT2D eigenvalue weighted by Crippen LogP contribution is 2.34. The van der Waals surface area contributed by atoms with Crippen LogP contribution in [0.2, 0.25) is 0 Å². The maximum absolute atomic E-state index is 5.70. The zero-order chi connectivity index (χ0) is 22.5. The number of hydrogen-bond acceptors (Lipinski definition) is 4. The van der Waals surface area contributed by atoms with Gasteiger partial charge in [0, 0.05) is 13.1 Å². The molecular weight excluding hydrogens is 396 g/mol. The third-order valence-electron chi connectivity index (χ3n) is 6.56. The molecule has 5 nitrogen and oxygen atoms in total. The number of ether oxygens (including phenoxy) is 1. The van der Waals surface area contributed by atoms with Gasteiger partial charge in [-0.05, 0) is 61.4 Å². The fourth-order valence-corrected chi connectivity index (χ4v) is 4.74. The van der Waals surface area contributed by atoms with Crippen LogP contribution in [0.5, 0.6) is 0 Å². The minimum absolute atomic E-state index is 0.166. The molecule has 5 heteroatoms. The Labute approximate surface area is 192 Å². The maximum Gasteiger partial charge on any atom is 0.341 e. The average Bonchev–Trinajstić information content (AvgIpc) is 2.83. The molecule has 0 bridgehead atoms. The summed E-state index contributed by atoms with van der Waals surface area (Å²) in [4.78, 5) is 12.0. The van der Waals surface area contributed by atoms with Crippen LogP contribution in [0, 0.1) is 6.92 Å². The Morgan fingerprint density at radius 3 is 2.56 bits per heavy atom. The first-order valence-corrected chi connectivity index (χ1v) is 11.8. The van der Waals surface area contributed by atoms with E-state index in [1.165, 1.54) is 37.7 Å². The molecule has 1 aliphatic carbocycles. The van der Waals surface area contributed by atoms with Crippen molar-refractivity contribution in [1.82, 2.24) is 14.5 Å². The van der Waals surface area contributed by atoms with E-state index in [9.17, 15) is 0 Å². The number of hydrogen-bond donors (Lipinski definition) is 0. The van der Waals surface area contributed by atoms with Crippen LogP contribution in [0.25, 0.3) is 6.08 Å². The van der Waals surface area contributed by atoms with Crippen molar-refractivity contribution in [3.05, 3.63) is 59.8 Å². The molecule has 168 valence electrons. The van der Waals surface area contributed by atoms with E-state index in [0.29, 0.717) is 12.5 Å². The van der Waals surface area contributed by atoms with Crippen molar-refractivity contribution < 1.29 is 4.74 Å². The molecule has 1 atom stereocenters. The lowest BCUT2D eigenvalue weighted by Crippen LogP contribution is -2.42. The summed E-state index contributed by atoms with van der Waals surface area (Å²) in [6, 6.07) is 8.88. The molecule has 0 radical (unpaired) electrons. The summed E-state index contributed by atoms with van der Waals surface area (Å²) >= 11 is 0. The Morgan fingerprint density at radius 1 is 1.12 bits per heavy atom. The molecule has 2 fully saturated rings. The fraction of sp³-hybridized carbons (Fsp3) is 0.444. The van der Waals surface area contributed by atoms with Crippen LogP contribution in [-0.2, 0) is 4.74 Å². The van der Waals surface area contributed by atoms with Crippen molar-refractivity contribution in [2.24, 2.45) is 0 Å². The lowest BCUT2D eigenvalue weighted by molar-refractivity contribution is 0.0526. The molecule has 0 unspecified atom stereocenters. The zero-order valence-corrected chi connectivity index (χ0v) is 19.5. The summed E-state index contributed by atoms with van der Waals surface area (Å²) in [5.74, 6) is 2.23. The number of aromatic nitrogens is 2. The van der Waals surface area contributed by atoms with E-state index in [0.717, 1.165) is 41.8 Å². The Balaban J connectivity index is 1.67. The Morgan fingerprint density at radius 2 is 1.88 bits per heavy atom. The van der Waals surface area contributed by atoms with Gasteiger partial charge in [-0.3, -0.25) is 0 Å². The molecule has 0 amide bonds. The van der Waals surface area contributed by atoms with Gasteiger partial charge in [-0.1, -0.05) is 50.1 Å². The van der Waals surface area contributed by atoms with Crippen LogP contribution in [-0.4, -0.2) is 42.5 Å². The van der Waals surface area contributed by atoms with Crippen molar-refractivity contribution in [2.75, 3.05) is 24.6 Å². The number of rotatable bonds is 6. The number of anilines is 1. The van der Waals surface area contributed by atoms with Crippen LogP contribution >= 0.6 is 0 Å². The van der Waals surface area contributed by atoms with Gasteiger partial charge in [0.15, 0.2) is 0 Å². The van der Waals surface area contributed by atoms with E-state index in [-0.39, 0.29) is 6.10 Å². The third-order valence-corrected chi connectivity index (χ3v) is 6.56. The van der Waals surface area contributed by atoms with Crippen LogP contribution in [0.4, 0.5) is 17.5 Å². The quantitative estimate of drug-likeness (QED) is 0.330. The average molecular weight is 432 g/mol. The molecule has 2 aliphatic rings. The van der Waals surface area contributed by atoms with Crippen LogP contribution in [0.3, 0.4) is 0 Å². The number of benzene rings is 1. The number of morpholine rings is 1. The predicted octanol–water partition coefficient (Wildman–Crippen LogP) is 5.79. The van der Waals surface area contributed by atoms with Crippen molar-refractivity contribution in [2.45, 2.75) is 58.0 Å². The van der Waals surface area contributed by atoms with Gasteiger partial charge in [0.1, 0.15) is 5.69 Å². The molecule has 2 aromatic rings. The number of allylic oxidation sites excluding steroid dienone is 2. The van der Waals surface area contributed by atoms with E-state index in [2.05, 4.69) is 49.4 Å². The summed E-state index contributed by atoms with van der Waals surface area (Å²) in [5.41, 5.74) is 4.35. The van der Waals surface area contributed by atoms with Gasteiger partial charge in [-0.15, -0.1) is 0 Å². The van der Waals surface area contributed by atoms with Crippen LogP contribution in [0.15, 0.2) is 43.0 Å². The van der Waals surface area contributed by atoms with Gasteiger partial charge < -0.3 is 9.64 Å². The highest BCUT2D eigenvalue weighted by atomic mass is 16.5. The van der Waals surface area contributed by atoms with Gasteiger partial charge in [-0.2, -0.15) is 4.98 Å². The van der Waals surface area contributed by atoms with Crippen LogP contribution in [0.1, 0.15) is 61.8 Å². The highest BCUT2D eigenvalue weighted by Gasteiger charge is 2.28. The monoisotopic (exact) mass is 431 g/mol. The molecule has 1 aromatic heterocycles. The fourth-order valence-electron chi connectivity index (χ4n) is 4.74. The normalized spacial score (nSPS) is 19.9. The van der Waals surface area contributed by atoms with Crippen molar-refractivity contribution in [3.63, 3.8) is 0 Å². The van der Waals surface area contributed by atoms with Crippen molar-refractivity contribution in [3.8, 4) is 0 Å². The number of nitrogens with zero attached hydrogens (tertiary/aromatic N) is 4. The molecular formula is C27H35N4O+. The Bertz CT molecular complexity index is 989. The van der Waals surface area contributed by atoms with E-state index >= 15 is 0 Å². The molecule has 0 N–H and O–H groups in total. The van der Waals surface area contributed by atoms with E-state index in [4.69, 9.17) is 14.7 Å². The summed E-state index contributed by atoms with van der Waals surface area (Å²) in [6.45, 7) is 14.6. The maximum atomic E-state index is 5.70. The SMILES string of the molecule is C=C/C=C\c1c(C)nc(N2CCO[C@H](C)C2)nc1[N+](=C)c1ccc(C2CCCCC2)cc1. The van der Waals surface area contributed by atoms with E-state index in [1.807, 2.05) is 23.7 Å². The molecule has 1 saturated carbocycles. The minimum Gasteiger partial charge on any atom is -0.375 e. The first kappa shape index (κ1) is 22.4. The molecule has 0 spiro atoms. The minimum atomic E-state index is 0.166. The number of aryl methyl sites for hydroxylation is 1. The van der Waals surface area contributed by atoms with E-state index < -0.39 is 0 Å². The Hall–Kier alpha value is -2.79. The molecule has 1 aromatic carbocycles. The topological polar surface area (TPSA) is 41.3 Å². The largest absolute Gasteiger partial charge is 0.375 e. The first-order chi connectivity index (χ1) is 15.6. The molecule has 1 aliphatic heterocycles. The third kappa shape index (κ3) is 4.99. The summed E-state index contributed by atoms with van der Waals surface area (Å²) < 4.78 is 7.63. The highest BCUT2D eigenvalue weighted by molar-refractivity contribution is 5.71. The summed E-state index contributed by atoms with van der Waals surface area (Å²) in [6.07, 6.45) is 12.5. The van der Waals surface area contributed by atoms with Gasteiger partial charge in [0.25, 0.3) is 0 Å². The van der Waals surface area contributed by atoms with Gasteiger partial charge >= 0.3 is 11.8 Å². The molecule has 4 rings (SSSR count). The zero-order valence-electron chi connectivity index (χ0n) is 19.5. The van der Waals surface area contributed by atoms with Crippen molar-refractivity contribution in [1.29, 1.82) is 0 Å². The van der Waals surface area contributed by atoms with E-state index in [1.54, 1.807) is 6.08 Å².